The highest BCUT2D eigenvalue weighted by atomic mass is 32.2. The minimum Gasteiger partial charge on any atom is -0.460 e. The summed E-state index contributed by atoms with van der Waals surface area (Å²) in [5.41, 5.74) is 0. The average Bonchev–Trinajstić information content (AvgIpc) is 3.74. The number of rotatable bonds is 8. The number of thioether (sulfide) groups is 4. The van der Waals surface area contributed by atoms with Gasteiger partial charge in [0.25, 0.3) is 8.32 Å². The molecule has 226 valence electrons. The zero-order valence-electron chi connectivity index (χ0n) is 24.7. The number of nitrogens with zero attached hydrogens (tertiary/aromatic N) is 2. The Balaban J connectivity index is 1.11. The van der Waals surface area contributed by atoms with Gasteiger partial charge in [-0.1, -0.05) is 128 Å². The van der Waals surface area contributed by atoms with Crippen molar-refractivity contribution >= 4 is 77.7 Å². The van der Waals surface area contributed by atoms with Crippen LogP contribution in [0.2, 0.25) is 5.04 Å². The van der Waals surface area contributed by atoms with Gasteiger partial charge in [-0.15, -0.1) is 0 Å². The Kier molecular flexibility index (Phi) is 9.75. The van der Waals surface area contributed by atoms with Gasteiger partial charge >= 0.3 is 5.97 Å². The van der Waals surface area contributed by atoms with E-state index in [1.54, 1.807) is 35.3 Å². The van der Waals surface area contributed by atoms with Gasteiger partial charge in [0.1, 0.15) is 11.5 Å². The van der Waals surface area contributed by atoms with Crippen LogP contribution in [0.4, 0.5) is 0 Å². The minimum absolute atomic E-state index is 0.0397. The van der Waals surface area contributed by atoms with E-state index in [0.29, 0.717) is 18.1 Å². The van der Waals surface area contributed by atoms with Crippen molar-refractivity contribution in [2.24, 2.45) is 4.99 Å². The molecule has 2 atom stereocenters. The second kappa shape index (κ2) is 13.5. The lowest BCUT2D eigenvalue weighted by atomic mass is 10.1. The highest BCUT2D eigenvalue weighted by Crippen LogP contribution is 2.53. The van der Waals surface area contributed by atoms with E-state index in [0.717, 1.165) is 36.1 Å². The molecule has 1 fully saturated rings. The van der Waals surface area contributed by atoms with Crippen LogP contribution < -0.4 is 15.7 Å². The van der Waals surface area contributed by atoms with Gasteiger partial charge in [-0.05, 0) is 44.5 Å². The molecule has 11 heteroatoms. The Bertz CT molecular complexity index is 1390. The Morgan fingerprint density at radius 1 is 0.930 bits per heavy atom. The molecule has 6 nitrogen and oxygen atoms in total. The lowest BCUT2D eigenvalue weighted by Crippen LogP contribution is -2.67. The molecule has 0 unspecified atom stereocenters. The van der Waals surface area contributed by atoms with Gasteiger partial charge < -0.3 is 19.4 Å². The zero-order chi connectivity index (χ0) is 29.9. The third-order valence-corrected chi connectivity index (χ3v) is 18.0. The summed E-state index contributed by atoms with van der Waals surface area (Å²) >= 11 is 6.52. The fraction of sp³-hybridized carbons (Fsp3) is 0.375. The first-order chi connectivity index (χ1) is 20.8. The molecule has 0 amide bonds. The molecular weight excluding hydrogens is 631 g/mol. The number of benzene rings is 2. The summed E-state index contributed by atoms with van der Waals surface area (Å²) < 4.78 is 15.3. The van der Waals surface area contributed by atoms with Crippen molar-refractivity contribution in [3.05, 3.63) is 90.3 Å². The number of fused-ring (bicyclic) bond motifs is 1. The van der Waals surface area contributed by atoms with E-state index in [4.69, 9.17) is 14.2 Å². The highest BCUT2D eigenvalue weighted by molar-refractivity contribution is 8.33. The Labute approximate surface area is 272 Å². The molecule has 43 heavy (non-hydrogen) atoms. The van der Waals surface area contributed by atoms with Crippen LogP contribution in [-0.4, -0.2) is 63.5 Å². The number of aliphatic imine (C=N–C) groups is 1. The number of nitrogens with one attached hydrogen (secondary N) is 1. The van der Waals surface area contributed by atoms with Crippen molar-refractivity contribution in [2.75, 3.05) is 26.3 Å². The van der Waals surface area contributed by atoms with Gasteiger partial charge in [0.05, 0.1) is 27.2 Å². The molecule has 0 aliphatic carbocycles. The summed E-state index contributed by atoms with van der Waals surface area (Å²) in [7, 11) is -2.62. The quantitative estimate of drug-likeness (QED) is 0.258. The maximum Gasteiger partial charge on any atom is 0.345 e. The molecule has 2 aromatic carbocycles. The van der Waals surface area contributed by atoms with Crippen molar-refractivity contribution in [3.8, 4) is 0 Å². The summed E-state index contributed by atoms with van der Waals surface area (Å²) in [4.78, 5) is 20.9. The van der Waals surface area contributed by atoms with E-state index in [1.165, 1.54) is 26.4 Å². The van der Waals surface area contributed by atoms with E-state index in [-0.39, 0.29) is 23.1 Å². The molecule has 4 heterocycles. The Morgan fingerprint density at radius 2 is 1.58 bits per heavy atom. The van der Waals surface area contributed by atoms with Crippen LogP contribution in [0.25, 0.3) is 0 Å². The Morgan fingerprint density at radius 3 is 2.23 bits per heavy atom. The number of ether oxygens (including phenoxy) is 1. The lowest BCUT2D eigenvalue weighted by Gasteiger charge is -2.44. The maximum absolute atomic E-state index is 12.8. The number of hydrogen-bond acceptors (Lipinski definition) is 10. The zero-order valence-corrected chi connectivity index (χ0v) is 28.9. The summed E-state index contributed by atoms with van der Waals surface area (Å²) in [5.74, 6) is 0.648. The van der Waals surface area contributed by atoms with Crippen LogP contribution in [-0.2, 0) is 14.0 Å². The molecule has 0 saturated carbocycles. The predicted molar refractivity (Wildman–Crippen MR) is 188 cm³/mol. The van der Waals surface area contributed by atoms with Gasteiger partial charge in [-0.2, -0.15) is 0 Å². The molecule has 1 saturated heterocycles. The van der Waals surface area contributed by atoms with Crippen LogP contribution in [0.1, 0.15) is 33.6 Å². The van der Waals surface area contributed by atoms with Crippen molar-refractivity contribution in [1.29, 1.82) is 0 Å². The highest BCUT2D eigenvalue weighted by Gasteiger charge is 2.50. The molecule has 0 bridgehead atoms. The van der Waals surface area contributed by atoms with Crippen molar-refractivity contribution < 1.29 is 14.0 Å². The minimum atomic E-state index is -2.62. The summed E-state index contributed by atoms with van der Waals surface area (Å²) in [6.45, 7) is 9.67. The van der Waals surface area contributed by atoms with Crippen LogP contribution in [0, 0.1) is 0 Å². The van der Waals surface area contributed by atoms with Gasteiger partial charge in [0.2, 0.25) is 0 Å². The molecular formula is C32H37N3O3S4Si. The van der Waals surface area contributed by atoms with Crippen LogP contribution in [0.3, 0.4) is 0 Å². The third-order valence-electron chi connectivity index (χ3n) is 7.99. The molecule has 4 aliphatic rings. The van der Waals surface area contributed by atoms with Crippen LogP contribution >= 0.6 is 47.0 Å². The summed E-state index contributed by atoms with van der Waals surface area (Å²) in [5, 5.41) is 12.1. The van der Waals surface area contributed by atoms with E-state index in [2.05, 4.69) is 102 Å². The van der Waals surface area contributed by atoms with Gasteiger partial charge in [0, 0.05) is 13.1 Å². The average molecular weight is 668 g/mol. The van der Waals surface area contributed by atoms with E-state index in [9.17, 15) is 4.79 Å². The molecule has 1 N–H and O–H groups in total. The van der Waals surface area contributed by atoms with Crippen LogP contribution in [0.5, 0.6) is 0 Å². The number of carbonyl (C=O) groups excluding carboxylic acids is 1. The molecule has 0 radical (unpaired) electrons. The van der Waals surface area contributed by atoms with Crippen molar-refractivity contribution in [1.82, 2.24) is 10.2 Å². The summed E-state index contributed by atoms with van der Waals surface area (Å²) in [6, 6.07) is 21.6. The topological polar surface area (TPSA) is 63.2 Å². The maximum atomic E-state index is 12.8. The molecule has 6 rings (SSSR count). The summed E-state index contributed by atoms with van der Waals surface area (Å²) in [6.07, 6.45) is 1.86. The largest absolute Gasteiger partial charge is 0.460 e. The van der Waals surface area contributed by atoms with Gasteiger partial charge in [-0.25, -0.2) is 9.79 Å². The fourth-order valence-electron chi connectivity index (χ4n) is 5.86. The second-order valence-electron chi connectivity index (χ2n) is 11.9. The normalized spacial score (nSPS) is 22.2. The SMILES string of the molecule is CC(C)(C)[Si](OC[C@H]1CCN2CC[C@H](COC(=O)C3=CSC(=C4SC=CS4)S3)NC2=N1)(c1ccccc1)c1ccccc1. The Hall–Kier alpha value is -2.02. The molecule has 4 aliphatic heterocycles. The molecule has 0 spiro atoms. The fourth-order valence-corrected chi connectivity index (χ4v) is 14.8. The lowest BCUT2D eigenvalue weighted by molar-refractivity contribution is -0.138. The smallest absolute Gasteiger partial charge is 0.345 e. The van der Waals surface area contributed by atoms with Crippen molar-refractivity contribution in [2.45, 2.75) is 50.7 Å². The molecule has 2 aromatic rings. The monoisotopic (exact) mass is 667 g/mol. The van der Waals surface area contributed by atoms with Gasteiger partial charge in [0.15, 0.2) is 5.96 Å². The van der Waals surface area contributed by atoms with Crippen LogP contribution in [0.15, 0.2) is 95.3 Å². The number of esters is 1. The first-order valence-electron chi connectivity index (χ1n) is 14.6. The number of guanidine groups is 1. The number of hydrogen-bond donors (Lipinski definition) is 1. The molecule has 0 aromatic heterocycles. The van der Waals surface area contributed by atoms with E-state index < -0.39 is 8.32 Å². The third kappa shape index (κ3) is 6.82. The first kappa shape index (κ1) is 31.0. The first-order valence-corrected chi connectivity index (χ1v) is 20.0. The second-order valence-corrected chi connectivity index (χ2v) is 20.5. The van der Waals surface area contributed by atoms with E-state index in [1.807, 2.05) is 5.41 Å². The van der Waals surface area contributed by atoms with Crippen molar-refractivity contribution in [3.63, 3.8) is 0 Å². The predicted octanol–water partition coefficient (Wildman–Crippen LogP) is 6.30. The number of carbonyl (C=O) groups is 1. The van der Waals surface area contributed by atoms with Gasteiger partial charge in [-0.3, -0.25) is 0 Å². The van der Waals surface area contributed by atoms with E-state index >= 15 is 0 Å². The standard InChI is InChI=1S/C32H37N3O3S4Si/c1-32(2,3)43(25-10-6-4-7-11-25,26-12-8-5-9-13-26)38-21-24-15-17-35-16-14-23(33-31(35)34-24)20-37-28(36)27-22-41-30(42-27)29-39-18-19-40-29/h4-13,18-19,22-24H,14-17,20-21H2,1-3H3,(H,33,34)/t23-,24-/m1/s1.